The van der Waals surface area contributed by atoms with Crippen LogP contribution in [0.2, 0.25) is 0 Å². The van der Waals surface area contributed by atoms with Crippen molar-refractivity contribution in [2.45, 2.75) is 37.6 Å². The van der Waals surface area contributed by atoms with Gasteiger partial charge in [0.25, 0.3) is 0 Å². The molecule has 7 heteroatoms. The number of carbonyl (C=O) groups is 3. The summed E-state index contributed by atoms with van der Waals surface area (Å²) in [5.74, 6) is -1.38. The second kappa shape index (κ2) is 8.41. The van der Waals surface area contributed by atoms with E-state index in [-0.39, 0.29) is 24.9 Å². The Morgan fingerprint density at radius 2 is 1.61 bits per heavy atom. The van der Waals surface area contributed by atoms with Gasteiger partial charge in [-0.05, 0) is 47.9 Å². The fourth-order valence-electron chi connectivity index (χ4n) is 4.45. The molecule has 2 aromatic rings. The summed E-state index contributed by atoms with van der Waals surface area (Å²) in [7, 11) is 0. The zero-order valence-electron chi connectivity index (χ0n) is 17.4. The number of fused-ring (bicyclic) bond motifs is 3. The Balaban J connectivity index is 1.40. The minimum atomic E-state index is -1.11. The number of aliphatic carboxylic acids is 1. The summed E-state index contributed by atoms with van der Waals surface area (Å²) in [6.45, 7) is 1.57. The van der Waals surface area contributed by atoms with E-state index in [0.29, 0.717) is 0 Å². The van der Waals surface area contributed by atoms with Crippen LogP contribution in [0.1, 0.15) is 43.2 Å². The zero-order valence-corrected chi connectivity index (χ0v) is 17.4. The van der Waals surface area contributed by atoms with Crippen molar-refractivity contribution in [3.05, 3.63) is 59.7 Å². The molecule has 1 fully saturated rings. The minimum absolute atomic E-state index is 0.00907. The first-order valence-corrected chi connectivity index (χ1v) is 10.5. The van der Waals surface area contributed by atoms with Crippen LogP contribution in [0.5, 0.6) is 0 Å². The lowest BCUT2D eigenvalue weighted by atomic mass is 9.91. The SMILES string of the molecule is CC(CC(=O)NCC(=O)O)(NC(=O)OCC1c2ccccc2-c2ccccc21)C1CC1. The van der Waals surface area contributed by atoms with Gasteiger partial charge in [-0.3, -0.25) is 9.59 Å². The molecule has 2 aromatic carbocycles. The van der Waals surface area contributed by atoms with Gasteiger partial charge in [0.2, 0.25) is 5.91 Å². The van der Waals surface area contributed by atoms with Crippen LogP contribution < -0.4 is 10.6 Å². The van der Waals surface area contributed by atoms with Gasteiger partial charge >= 0.3 is 12.1 Å². The Kier molecular flexibility index (Phi) is 5.67. The Labute approximate surface area is 180 Å². The first-order valence-electron chi connectivity index (χ1n) is 10.5. The van der Waals surface area contributed by atoms with Crippen molar-refractivity contribution in [2.75, 3.05) is 13.2 Å². The highest BCUT2D eigenvalue weighted by molar-refractivity contribution is 5.83. The maximum Gasteiger partial charge on any atom is 0.407 e. The standard InChI is InChI=1S/C24H26N2O5/c1-24(15-10-11-15,12-21(27)25-13-22(28)29)26-23(30)31-14-20-18-8-4-2-6-16(18)17-7-3-5-9-19(17)20/h2-9,15,20H,10-14H2,1H3,(H,25,27)(H,26,30)(H,28,29). The lowest BCUT2D eigenvalue weighted by Gasteiger charge is -2.30. The molecule has 31 heavy (non-hydrogen) atoms. The lowest BCUT2D eigenvalue weighted by Crippen LogP contribution is -2.51. The van der Waals surface area contributed by atoms with E-state index in [0.717, 1.165) is 35.1 Å². The van der Waals surface area contributed by atoms with Crippen molar-refractivity contribution in [2.24, 2.45) is 5.92 Å². The van der Waals surface area contributed by atoms with E-state index in [1.54, 1.807) is 0 Å². The average molecular weight is 422 g/mol. The van der Waals surface area contributed by atoms with Crippen LogP contribution >= 0.6 is 0 Å². The van der Waals surface area contributed by atoms with E-state index in [4.69, 9.17) is 9.84 Å². The van der Waals surface area contributed by atoms with Crippen molar-refractivity contribution in [1.82, 2.24) is 10.6 Å². The molecule has 2 aliphatic rings. The van der Waals surface area contributed by atoms with Crippen LogP contribution in [0.15, 0.2) is 48.5 Å². The molecule has 1 saturated carbocycles. The van der Waals surface area contributed by atoms with E-state index in [1.807, 2.05) is 31.2 Å². The summed E-state index contributed by atoms with van der Waals surface area (Å²) >= 11 is 0. The predicted molar refractivity (Wildman–Crippen MR) is 115 cm³/mol. The van der Waals surface area contributed by atoms with Gasteiger partial charge in [-0.25, -0.2) is 4.79 Å². The van der Waals surface area contributed by atoms with Crippen molar-refractivity contribution in [1.29, 1.82) is 0 Å². The molecule has 162 valence electrons. The Hall–Kier alpha value is -3.35. The molecule has 0 bridgehead atoms. The topological polar surface area (TPSA) is 105 Å². The number of carbonyl (C=O) groups excluding carboxylic acids is 2. The van der Waals surface area contributed by atoms with Crippen LogP contribution in [0.25, 0.3) is 11.1 Å². The van der Waals surface area contributed by atoms with Crippen LogP contribution in [-0.4, -0.2) is 41.8 Å². The molecule has 0 aliphatic heterocycles. The van der Waals surface area contributed by atoms with Crippen LogP contribution in [0.3, 0.4) is 0 Å². The van der Waals surface area contributed by atoms with Gasteiger partial charge in [0.1, 0.15) is 13.2 Å². The third kappa shape index (κ3) is 4.55. The van der Waals surface area contributed by atoms with E-state index in [9.17, 15) is 14.4 Å². The van der Waals surface area contributed by atoms with E-state index >= 15 is 0 Å². The number of carboxylic acids is 1. The van der Waals surface area contributed by atoms with Crippen molar-refractivity contribution < 1.29 is 24.2 Å². The van der Waals surface area contributed by atoms with E-state index < -0.39 is 30.1 Å². The molecule has 0 heterocycles. The predicted octanol–water partition coefficient (Wildman–Crippen LogP) is 3.28. The molecular formula is C24H26N2O5. The first kappa shape index (κ1) is 20.9. The third-order valence-electron chi connectivity index (χ3n) is 6.17. The van der Waals surface area contributed by atoms with Crippen LogP contribution in [0.4, 0.5) is 4.79 Å². The van der Waals surface area contributed by atoms with Crippen LogP contribution in [0, 0.1) is 5.92 Å². The molecule has 1 atom stereocenters. The monoisotopic (exact) mass is 422 g/mol. The Bertz CT molecular complexity index is 971. The highest BCUT2D eigenvalue weighted by Gasteiger charge is 2.44. The second-order valence-electron chi connectivity index (χ2n) is 8.49. The van der Waals surface area contributed by atoms with Crippen molar-refractivity contribution in [3.63, 3.8) is 0 Å². The molecule has 2 aliphatic carbocycles. The van der Waals surface area contributed by atoms with Gasteiger partial charge < -0.3 is 20.5 Å². The largest absolute Gasteiger partial charge is 0.480 e. The third-order valence-corrected chi connectivity index (χ3v) is 6.17. The summed E-state index contributed by atoms with van der Waals surface area (Å²) < 4.78 is 5.62. The lowest BCUT2D eigenvalue weighted by molar-refractivity contribution is -0.138. The van der Waals surface area contributed by atoms with Gasteiger partial charge in [-0.15, -0.1) is 0 Å². The summed E-state index contributed by atoms with van der Waals surface area (Å²) in [5.41, 5.74) is 3.81. The molecule has 2 amide bonds. The number of rotatable bonds is 8. The van der Waals surface area contributed by atoms with E-state index in [2.05, 4.69) is 34.9 Å². The number of carboxylic acid groups (broad SMARTS) is 1. The summed E-state index contributed by atoms with van der Waals surface area (Å²) in [6.07, 6.45) is 1.26. The van der Waals surface area contributed by atoms with Gasteiger partial charge in [0.15, 0.2) is 0 Å². The Morgan fingerprint density at radius 3 is 2.16 bits per heavy atom. The number of nitrogens with one attached hydrogen (secondary N) is 2. The number of ether oxygens (including phenoxy) is 1. The molecule has 1 unspecified atom stereocenters. The number of benzene rings is 2. The normalized spacial score (nSPS) is 16.5. The minimum Gasteiger partial charge on any atom is -0.480 e. The van der Waals surface area contributed by atoms with Crippen molar-refractivity contribution >= 4 is 18.0 Å². The van der Waals surface area contributed by atoms with E-state index in [1.165, 1.54) is 0 Å². The van der Waals surface area contributed by atoms with Gasteiger partial charge in [-0.2, -0.15) is 0 Å². The summed E-state index contributed by atoms with van der Waals surface area (Å²) in [6, 6.07) is 16.2. The zero-order chi connectivity index (χ0) is 22.0. The number of alkyl carbamates (subject to hydrolysis) is 1. The highest BCUT2D eigenvalue weighted by atomic mass is 16.5. The molecule has 7 nitrogen and oxygen atoms in total. The number of hydrogen-bond donors (Lipinski definition) is 3. The second-order valence-corrected chi connectivity index (χ2v) is 8.49. The van der Waals surface area contributed by atoms with Gasteiger partial charge in [0, 0.05) is 12.3 Å². The molecule has 0 saturated heterocycles. The Morgan fingerprint density at radius 1 is 1.03 bits per heavy atom. The molecule has 4 rings (SSSR count). The molecule has 0 radical (unpaired) electrons. The van der Waals surface area contributed by atoms with Crippen molar-refractivity contribution in [3.8, 4) is 11.1 Å². The fourth-order valence-corrected chi connectivity index (χ4v) is 4.45. The number of hydrogen-bond acceptors (Lipinski definition) is 4. The first-order chi connectivity index (χ1) is 14.9. The summed E-state index contributed by atoms with van der Waals surface area (Å²) in [5, 5.41) is 14.0. The fraction of sp³-hybridized carbons (Fsp3) is 0.375. The number of amides is 2. The van der Waals surface area contributed by atoms with Gasteiger partial charge in [-0.1, -0.05) is 48.5 Å². The van der Waals surface area contributed by atoms with Gasteiger partial charge in [0.05, 0.1) is 5.54 Å². The molecular weight excluding hydrogens is 396 g/mol. The summed E-state index contributed by atoms with van der Waals surface area (Å²) in [4.78, 5) is 35.5. The smallest absolute Gasteiger partial charge is 0.407 e. The maximum atomic E-state index is 12.7. The molecule has 0 spiro atoms. The molecule has 3 N–H and O–H groups in total. The maximum absolute atomic E-state index is 12.7. The quantitative estimate of drug-likeness (QED) is 0.606. The van der Waals surface area contributed by atoms with Crippen LogP contribution in [-0.2, 0) is 14.3 Å². The highest BCUT2D eigenvalue weighted by Crippen LogP contribution is 2.45. The average Bonchev–Trinajstić information content (AvgIpc) is 3.55. The molecule has 0 aromatic heterocycles.